The van der Waals surface area contributed by atoms with Crippen LogP contribution in [0.4, 0.5) is 0 Å². The summed E-state index contributed by atoms with van der Waals surface area (Å²) in [6, 6.07) is 0. The van der Waals surface area contributed by atoms with Gasteiger partial charge in [0.05, 0.1) is 12.3 Å². The second-order valence-corrected chi connectivity index (χ2v) is 6.00. The Labute approximate surface area is 139 Å². The third-order valence-electron chi connectivity index (χ3n) is 4.12. The van der Waals surface area contributed by atoms with Crippen LogP contribution in [-0.4, -0.2) is 59.5 Å². The molecule has 6 heteroatoms. The minimum Gasteiger partial charge on any atom is -0.378 e. The number of ether oxygens (including phenoxy) is 1. The first-order valence-electron chi connectivity index (χ1n) is 8.85. The fourth-order valence-electron chi connectivity index (χ4n) is 2.96. The Hall–Kier alpha value is -1.56. The number of aryl methyl sites for hydroxylation is 2. The smallest absolute Gasteiger partial charge is 0.193 e. The van der Waals surface area contributed by atoms with Gasteiger partial charge in [-0.15, -0.1) is 0 Å². The van der Waals surface area contributed by atoms with Crippen molar-refractivity contribution in [3.63, 3.8) is 0 Å². The zero-order chi connectivity index (χ0) is 16.5. The molecule has 0 aliphatic carbocycles. The summed E-state index contributed by atoms with van der Waals surface area (Å²) < 4.78 is 7.58. The Morgan fingerprint density at radius 2 is 2.17 bits per heavy atom. The Morgan fingerprint density at radius 3 is 2.78 bits per heavy atom. The zero-order valence-electron chi connectivity index (χ0n) is 14.8. The van der Waals surface area contributed by atoms with Gasteiger partial charge in [-0.05, 0) is 45.1 Å². The third-order valence-corrected chi connectivity index (χ3v) is 4.12. The van der Waals surface area contributed by atoms with E-state index < -0.39 is 0 Å². The lowest BCUT2D eigenvalue weighted by molar-refractivity contribution is 0.0264. The number of nitrogens with zero attached hydrogens (tertiary/aromatic N) is 4. The predicted molar refractivity (Wildman–Crippen MR) is 93.7 cm³/mol. The van der Waals surface area contributed by atoms with Crippen LogP contribution in [0.5, 0.6) is 0 Å². The summed E-state index contributed by atoms with van der Waals surface area (Å²) in [6.07, 6.45) is 8.70. The maximum atomic E-state index is 5.73. The first kappa shape index (κ1) is 17.8. The van der Waals surface area contributed by atoms with E-state index >= 15 is 0 Å². The van der Waals surface area contributed by atoms with Crippen molar-refractivity contribution in [3.05, 3.63) is 18.0 Å². The van der Waals surface area contributed by atoms with Gasteiger partial charge in [0.2, 0.25) is 0 Å². The van der Waals surface area contributed by atoms with Crippen LogP contribution in [0, 0.1) is 0 Å². The van der Waals surface area contributed by atoms with Crippen molar-refractivity contribution in [1.29, 1.82) is 0 Å². The summed E-state index contributed by atoms with van der Waals surface area (Å²) >= 11 is 0. The monoisotopic (exact) mass is 321 g/mol. The molecule has 23 heavy (non-hydrogen) atoms. The van der Waals surface area contributed by atoms with Crippen molar-refractivity contribution in [1.82, 2.24) is 20.0 Å². The van der Waals surface area contributed by atoms with Crippen molar-refractivity contribution >= 4 is 5.96 Å². The lowest BCUT2D eigenvalue weighted by atomic mass is 10.1. The number of piperidine rings is 1. The van der Waals surface area contributed by atoms with E-state index in [-0.39, 0.29) is 0 Å². The van der Waals surface area contributed by atoms with E-state index in [9.17, 15) is 0 Å². The van der Waals surface area contributed by atoms with E-state index in [1.807, 2.05) is 17.9 Å². The quantitative estimate of drug-likeness (QED) is 0.473. The Bertz CT molecular complexity index is 477. The van der Waals surface area contributed by atoms with Crippen LogP contribution in [0.25, 0.3) is 0 Å². The molecule has 0 amide bonds. The van der Waals surface area contributed by atoms with Gasteiger partial charge >= 0.3 is 0 Å². The summed E-state index contributed by atoms with van der Waals surface area (Å²) in [5.41, 5.74) is 1.28. The van der Waals surface area contributed by atoms with Gasteiger partial charge in [-0.2, -0.15) is 5.10 Å². The summed E-state index contributed by atoms with van der Waals surface area (Å²) in [4.78, 5) is 7.16. The predicted octanol–water partition coefficient (Wildman–Crippen LogP) is 1.82. The Kier molecular flexibility index (Phi) is 7.39. The molecule has 0 unspecified atom stereocenters. The second-order valence-electron chi connectivity index (χ2n) is 6.00. The van der Waals surface area contributed by atoms with Crippen LogP contribution in [0.1, 0.15) is 38.7 Å². The Morgan fingerprint density at radius 1 is 1.39 bits per heavy atom. The van der Waals surface area contributed by atoms with Crippen LogP contribution in [-0.2, 0) is 18.2 Å². The maximum Gasteiger partial charge on any atom is 0.193 e. The SMILES string of the molecule is CCNC(=NCCCc1cnn(C)c1)N1CCC(OCC)CC1. The number of aromatic nitrogens is 2. The molecular weight excluding hydrogens is 290 g/mol. The highest BCUT2D eigenvalue weighted by Gasteiger charge is 2.21. The largest absolute Gasteiger partial charge is 0.378 e. The van der Waals surface area contributed by atoms with Crippen LogP contribution >= 0.6 is 0 Å². The van der Waals surface area contributed by atoms with Gasteiger partial charge in [0.25, 0.3) is 0 Å². The van der Waals surface area contributed by atoms with Gasteiger partial charge in [0.15, 0.2) is 5.96 Å². The highest BCUT2D eigenvalue weighted by molar-refractivity contribution is 5.80. The van der Waals surface area contributed by atoms with E-state index in [1.165, 1.54) is 5.56 Å². The molecule has 0 spiro atoms. The molecule has 2 rings (SSSR count). The van der Waals surface area contributed by atoms with Crippen molar-refractivity contribution in [2.45, 2.75) is 45.6 Å². The highest BCUT2D eigenvalue weighted by Crippen LogP contribution is 2.13. The van der Waals surface area contributed by atoms with Crippen LogP contribution in [0.3, 0.4) is 0 Å². The topological polar surface area (TPSA) is 54.7 Å². The first-order valence-corrected chi connectivity index (χ1v) is 8.85. The van der Waals surface area contributed by atoms with Gasteiger partial charge in [-0.1, -0.05) is 0 Å². The molecule has 1 aliphatic heterocycles. The van der Waals surface area contributed by atoms with Crippen molar-refractivity contribution in [2.24, 2.45) is 12.0 Å². The van der Waals surface area contributed by atoms with Crippen LogP contribution in [0.15, 0.2) is 17.4 Å². The molecule has 130 valence electrons. The number of guanidine groups is 1. The van der Waals surface area contributed by atoms with Crippen molar-refractivity contribution < 1.29 is 4.74 Å². The molecule has 0 aromatic carbocycles. The maximum absolute atomic E-state index is 5.73. The number of hydrogen-bond acceptors (Lipinski definition) is 3. The number of aliphatic imine (C=N–C) groups is 1. The summed E-state index contributed by atoms with van der Waals surface area (Å²) in [5, 5.41) is 7.62. The fourth-order valence-corrected chi connectivity index (χ4v) is 2.96. The lowest BCUT2D eigenvalue weighted by Crippen LogP contribution is -2.47. The molecule has 1 N–H and O–H groups in total. The number of rotatable bonds is 7. The average Bonchev–Trinajstić information content (AvgIpc) is 2.97. The molecule has 1 aromatic heterocycles. The van der Waals surface area contributed by atoms with E-state index in [4.69, 9.17) is 9.73 Å². The van der Waals surface area contributed by atoms with E-state index in [2.05, 4.69) is 35.4 Å². The first-order chi connectivity index (χ1) is 11.2. The van der Waals surface area contributed by atoms with Gasteiger partial charge in [0, 0.05) is 46.0 Å². The number of hydrogen-bond donors (Lipinski definition) is 1. The molecule has 1 saturated heterocycles. The molecule has 0 atom stereocenters. The lowest BCUT2D eigenvalue weighted by Gasteiger charge is -2.34. The zero-order valence-corrected chi connectivity index (χ0v) is 14.8. The van der Waals surface area contributed by atoms with Crippen LogP contribution < -0.4 is 5.32 Å². The second kappa shape index (κ2) is 9.55. The van der Waals surface area contributed by atoms with Gasteiger partial charge in [-0.3, -0.25) is 9.67 Å². The molecule has 0 saturated carbocycles. The molecule has 2 heterocycles. The molecule has 0 radical (unpaired) electrons. The molecule has 6 nitrogen and oxygen atoms in total. The average molecular weight is 321 g/mol. The normalized spacial score (nSPS) is 16.8. The highest BCUT2D eigenvalue weighted by atomic mass is 16.5. The molecule has 1 aliphatic rings. The minimum atomic E-state index is 0.421. The van der Waals surface area contributed by atoms with Gasteiger partial charge in [0.1, 0.15) is 0 Å². The van der Waals surface area contributed by atoms with E-state index in [0.29, 0.717) is 6.10 Å². The summed E-state index contributed by atoms with van der Waals surface area (Å²) in [5.74, 6) is 1.05. The van der Waals surface area contributed by atoms with Gasteiger partial charge in [-0.25, -0.2) is 0 Å². The van der Waals surface area contributed by atoms with Crippen LogP contribution in [0.2, 0.25) is 0 Å². The number of nitrogens with one attached hydrogen (secondary N) is 1. The molecule has 1 aromatic rings. The van der Waals surface area contributed by atoms with E-state index in [1.54, 1.807) is 0 Å². The summed E-state index contributed by atoms with van der Waals surface area (Å²) in [7, 11) is 1.96. The standard InChI is InChI=1S/C17H31N5O/c1-4-18-17(22-11-8-16(9-12-22)23-5-2)19-10-6-7-15-13-20-21(3)14-15/h13-14,16H,4-12H2,1-3H3,(H,18,19). The summed E-state index contributed by atoms with van der Waals surface area (Å²) in [6.45, 7) is 8.82. The molecule has 0 bridgehead atoms. The van der Waals surface area contributed by atoms with Crippen molar-refractivity contribution in [2.75, 3.05) is 32.8 Å². The molecule has 1 fully saturated rings. The van der Waals surface area contributed by atoms with Gasteiger partial charge < -0.3 is 15.0 Å². The van der Waals surface area contributed by atoms with E-state index in [0.717, 1.165) is 64.4 Å². The third kappa shape index (κ3) is 5.86. The fraction of sp³-hybridized carbons (Fsp3) is 0.765. The van der Waals surface area contributed by atoms with Crippen molar-refractivity contribution in [3.8, 4) is 0 Å². The number of likely N-dealkylation sites (tertiary alicyclic amines) is 1. The minimum absolute atomic E-state index is 0.421. The Balaban J connectivity index is 1.78. The molecular formula is C17H31N5O.